The fourth-order valence-corrected chi connectivity index (χ4v) is 4.20. The second-order valence-corrected chi connectivity index (χ2v) is 9.32. The molecule has 0 spiro atoms. The van der Waals surface area contributed by atoms with Gasteiger partial charge in [-0.2, -0.15) is 5.10 Å². The van der Waals surface area contributed by atoms with Crippen LogP contribution in [0.15, 0.2) is 4.60 Å². The molecule has 2 aliphatic heterocycles. The Hall–Kier alpha value is -1.85. The molecular formula is C19H31BrN6O4. The van der Waals surface area contributed by atoms with E-state index >= 15 is 0 Å². The van der Waals surface area contributed by atoms with Crippen LogP contribution in [0.25, 0.3) is 0 Å². The first kappa shape index (κ1) is 22.8. The average molecular weight is 487 g/mol. The topological polar surface area (TPSA) is 115 Å². The summed E-state index contributed by atoms with van der Waals surface area (Å²) in [4.78, 5) is 28.4. The molecule has 3 heterocycles. The van der Waals surface area contributed by atoms with Crippen molar-refractivity contribution in [1.82, 2.24) is 19.6 Å². The van der Waals surface area contributed by atoms with Crippen molar-refractivity contribution in [3.63, 3.8) is 0 Å². The third-order valence-corrected chi connectivity index (χ3v) is 5.65. The summed E-state index contributed by atoms with van der Waals surface area (Å²) in [6, 6.07) is -0.0761. The van der Waals surface area contributed by atoms with Crippen LogP contribution in [-0.4, -0.2) is 89.7 Å². The van der Waals surface area contributed by atoms with Gasteiger partial charge in [-0.25, -0.2) is 9.48 Å². The van der Waals surface area contributed by atoms with Crippen LogP contribution in [0, 0.1) is 0 Å². The zero-order chi connectivity index (χ0) is 21.9. The molecule has 1 atom stereocenters. The number of carbonyl (C=O) groups is 2. The lowest BCUT2D eigenvalue weighted by molar-refractivity contribution is 0.0288. The van der Waals surface area contributed by atoms with E-state index in [2.05, 4.69) is 31.2 Å². The molecule has 0 aromatic carbocycles. The highest BCUT2D eigenvalue weighted by atomic mass is 79.9. The van der Waals surface area contributed by atoms with Gasteiger partial charge in [-0.05, 0) is 43.1 Å². The highest BCUT2D eigenvalue weighted by molar-refractivity contribution is 9.10. The van der Waals surface area contributed by atoms with Gasteiger partial charge in [-0.3, -0.25) is 9.69 Å². The van der Waals surface area contributed by atoms with Gasteiger partial charge in [0.2, 0.25) is 0 Å². The monoisotopic (exact) mass is 486 g/mol. The van der Waals surface area contributed by atoms with Gasteiger partial charge in [0.1, 0.15) is 21.6 Å². The van der Waals surface area contributed by atoms with E-state index in [1.165, 1.54) is 0 Å². The summed E-state index contributed by atoms with van der Waals surface area (Å²) in [5.74, 6) is 0.0302. The Balaban J connectivity index is 1.70. The molecule has 3 N–H and O–H groups in total. The molecule has 2 aliphatic rings. The number of aromatic nitrogens is 2. The summed E-state index contributed by atoms with van der Waals surface area (Å²) in [6.45, 7) is 11.3. The standard InChI is InChI=1S/C19H31BrN6O4/c1-19(2,3)30-18(28)25-6-4-13(12-25)26-17(14(16(21)27)15(20)23-26)22-5-7-24-8-10-29-11-9-24/h13,22H,4-12H2,1-3H3,(H2,21,27)/t13-/m0/s1. The fraction of sp³-hybridized carbons (Fsp3) is 0.737. The highest BCUT2D eigenvalue weighted by Crippen LogP contribution is 2.31. The highest BCUT2D eigenvalue weighted by Gasteiger charge is 2.34. The second kappa shape index (κ2) is 9.52. The largest absolute Gasteiger partial charge is 0.444 e. The number of hydrogen-bond acceptors (Lipinski definition) is 7. The second-order valence-electron chi connectivity index (χ2n) is 8.57. The Morgan fingerprint density at radius 2 is 2.00 bits per heavy atom. The lowest BCUT2D eigenvalue weighted by Gasteiger charge is -2.27. The summed E-state index contributed by atoms with van der Waals surface area (Å²) >= 11 is 3.36. The van der Waals surface area contributed by atoms with Gasteiger partial charge in [0.15, 0.2) is 0 Å². The number of carbonyl (C=O) groups excluding carboxylic acids is 2. The number of hydrogen-bond donors (Lipinski definition) is 2. The zero-order valence-corrected chi connectivity index (χ0v) is 19.4. The van der Waals surface area contributed by atoms with Crippen molar-refractivity contribution in [2.24, 2.45) is 5.73 Å². The van der Waals surface area contributed by atoms with Crippen LogP contribution >= 0.6 is 15.9 Å². The van der Waals surface area contributed by atoms with Crippen molar-refractivity contribution < 1.29 is 19.1 Å². The number of likely N-dealkylation sites (tertiary alicyclic amines) is 1. The first-order valence-corrected chi connectivity index (χ1v) is 11.0. The van der Waals surface area contributed by atoms with E-state index in [4.69, 9.17) is 15.2 Å². The molecule has 0 aliphatic carbocycles. The number of anilines is 1. The van der Waals surface area contributed by atoms with Crippen molar-refractivity contribution in [2.45, 2.75) is 38.8 Å². The first-order chi connectivity index (χ1) is 14.2. The molecule has 2 fully saturated rings. The van der Waals surface area contributed by atoms with Crippen LogP contribution in [0.2, 0.25) is 0 Å². The number of nitrogens with zero attached hydrogens (tertiary/aromatic N) is 4. The molecule has 1 aromatic rings. The van der Waals surface area contributed by atoms with Gasteiger partial charge in [0.25, 0.3) is 5.91 Å². The van der Waals surface area contributed by atoms with Crippen molar-refractivity contribution in [3.05, 3.63) is 10.2 Å². The van der Waals surface area contributed by atoms with E-state index < -0.39 is 11.5 Å². The van der Waals surface area contributed by atoms with E-state index in [0.717, 1.165) is 32.8 Å². The van der Waals surface area contributed by atoms with Crippen LogP contribution in [0.1, 0.15) is 43.6 Å². The number of morpholine rings is 1. The van der Waals surface area contributed by atoms with Gasteiger partial charge < -0.3 is 25.4 Å². The molecule has 0 radical (unpaired) electrons. The number of nitrogens with one attached hydrogen (secondary N) is 1. The van der Waals surface area contributed by atoms with Gasteiger partial charge in [0.05, 0.1) is 19.3 Å². The molecule has 11 heteroatoms. The van der Waals surface area contributed by atoms with E-state index in [1.54, 1.807) is 9.58 Å². The molecule has 1 aromatic heterocycles. The van der Waals surface area contributed by atoms with Gasteiger partial charge in [-0.15, -0.1) is 0 Å². The van der Waals surface area contributed by atoms with Crippen LogP contribution < -0.4 is 11.1 Å². The van der Waals surface area contributed by atoms with E-state index in [-0.39, 0.29) is 12.1 Å². The van der Waals surface area contributed by atoms with Crippen LogP contribution in [-0.2, 0) is 9.47 Å². The summed E-state index contributed by atoms with van der Waals surface area (Å²) < 4.78 is 13.0. The SMILES string of the molecule is CC(C)(C)OC(=O)N1CC[C@H](n2nc(Br)c(C(N)=O)c2NCCN2CCOCC2)C1. The van der Waals surface area contributed by atoms with Gasteiger partial charge >= 0.3 is 6.09 Å². The quantitative estimate of drug-likeness (QED) is 0.628. The van der Waals surface area contributed by atoms with Crippen molar-refractivity contribution >= 4 is 33.7 Å². The number of nitrogens with two attached hydrogens (primary N) is 1. The van der Waals surface area contributed by atoms with Gasteiger partial charge in [0, 0.05) is 39.3 Å². The number of ether oxygens (including phenoxy) is 2. The summed E-state index contributed by atoms with van der Waals surface area (Å²) in [7, 11) is 0. The summed E-state index contributed by atoms with van der Waals surface area (Å²) in [5.41, 5.74) is 5.39. The van der Waals surface area contributed by atoms with Gasteiger partial charge in [-0.1, -0.05) is 0 Å². The number of amides is 2. The average Bonchev–Trinajstić information content (AvgIpc) is 3.26. The molecule has 0 unspecified atom stereocenters. The minimum absolute atomic E-state index is 0.0761. The summed E-state index contributed by atoms with van der Waals surface area (Å²) in [6.07, 6.45) is 0.372. The Kier molecular flexibility index (Phi) is 7.25. The van der Waals surface area contributed by atoms with E-state index in [1.807, 2.05) is 20.8 Å². The van der Waals surface area contributed by atoms with E-state index in [0.29, 0.717) is 42.0 Å². The Labute approximate surface area is 185 Å². The molecule has 0 saturated carbocycles. The van der Waals surface area contributed by atoms with Crippen molar-refractivity contribution in [3.8, 4) is 0 Å². The fourth-order valence-electron chi connectivity index (χ4n) is 3.65. The smallest absolute Gasteiger partial charge is 0.410 e. The third-order valence-electron chi connectivity index (χ3n) is 5.10. The molecule has 2 amide bonds. The normalized spacial score (nSPS) is 20.4. The molecular weight excluding hydrogens is 456 g/mol. The van der Waals surface area contributed by atoms with Crippen LogP contribution in [0.5, 0.6) is 0 Å². The predicted octanol–water partition coefficient (Wildman–Crippen LogP) is 1.67. The Morgan fingerprint density at radius 1 is 1.30 bits per heavy atom. The third kappa shape index (κ3) is 5.64. The lowest BCUT2D eigenvalue weighted by Crippen LogP contribution is -2.39. The number of rotatable bonds is 6. The van der Waals surface area contributed by atoms with Crippen LogP contribution in [0.4, 0.5) is 10.6 Å². The van der Waals surface area contributed by atoms with Crippen LogP contribution in [0.3, 0.4) is 0 Å². The molecule has 3 rings (SSSR count). The Morgan fingerprint density at radius 3 is 2.63 bits per heavy atom. The molecule has 2 saturated heterocycles. The molecule has 168 valence electrons. The number of halogens is 1. The summed E-state index contributed by atoms with van der Waals surface area (Å²) in [5, 5.41) is 7.85. The zero-order valence-electron chi connectivity index (χ0n) is 17.8. The minimum atomic E-state index is -0.552. The molecule has 10 nitrogen and oxygen atoms in total. The van der Waals surface area contributed by atoms with Crippen molar-refractivity contribution in [2.75, 3.05) is 57.8 Å². The van der Waals surface area contributed by atoms with Crippen molar-refractivity contribution in [1.29, 1.82) is 0 Å². The maximum absolute atomic E-state index is 12.4. The van der Waals surface area contributed by atoms with E-state index in [9.17, 15) is 9.59 Å². The maximum Gasteiger partial charge on any atom is 0.410 e. The lowest BCUT2D eigenvalue weighted by atomic mass is 10.2. The number of primary amides is 1. The molecule has 0 bridgehead atoms. The molecule has 30 heavy (non-hydrogen) atoms. The maximum atomic E-state index is 12.4. The Bertz CT molecular complexity index is 772. The first-order valence-electron chi connectivity index (χ1n) is 10.3. The minimum Gasteiger partial charge on any atom is -0.444 e. The predicted molar refractivity (Wildman–Crippen MR) is 116 cm³/mol.